The van der Waals surface area contributed by atoms with E-state index in [1.807, 2.05) is 26.8 Å². The Balaban J connectivity index is 2.52. The van der Waals surface area contributed by atoms with Gasteiger partial charge in [-0.25, -0.2) is 4.79 Å². The van der Waals surface area contributed by atoms with Gasteiger partial charge in [0.2, 0.25) is 0 Å². The second kappa shape index (κ2) is 7.26. The summed E-state index contributed by atoms with van der Waals surface area (Å²) in [6, 6.07) is 6.84. The van der Waals surface area contributed by atoms with Crippen molar-refractivity contribution in [2.24, 2.45) is 0 Å². The van der Waals surface area contributed by atoms with E-state index in [-0.39, 0.29) is 6.03 Å². The molecule has 0 saturated heterocycles. The first kappa shape index (κ1) is 16.5. The van der Waals surface area contributed by atoms with Crippen LogP contribution in [0, 0.1) is 0 Å². The van der Waals surface area contributed by atoms with Crippen LogP contribution in [0.5, 0.6) is 0 Å². The van der Waals surface area contributed by atoms with Gasteiger partial charge in [-0.15, -0.1) is 0 Å². The number of aliphatic hydroxyl groups is 1. The van der Waals surface area contributed by atoms with Gasteiger partial charge in [-0.3, -0.25) is 0 Å². The number of hydrogen-bond donors (Lipinski definition) is 3. The maximum absolute atomic E-state index is 11.8. The van der Waals surface area contributed by atoms with Crippen molar-refractivity contribution in [1.29, 1.82) is 0 Å². The molecule has 2 amide bonds. The fourth-order valence-corrected chi connectivity index (χ4v) is 1.79. The highest BCUT2D eigenvalue weighted by atomic mass is 16.5. The molecule has 5 nitrogen and oxygen atoms in total. The normalized spacial score (nSPS) is 12.8. The molecule has 0 aliphatic carbocycles. The highest BCUT2D eigenvalue weighted by Crippen LogP contribution is 2.16. The predicted molar refractivity (Wildman–Crippen MR) is 79.8 cm³/mol. The van der Waals surface area contributed by atoms with E-state index in [1.165, 1.54) is 0 Å². The number of hydrogen-bond acceptors (Lipinski definition) is 3. The fraction of sp³-hybridized carbons (Fsp3) is 0.533. The Morgan fingerprint density at radius 3 is 2.75 bits per heavy atom. The van der Waals surface area contributed by atoms with Gasteiger partial charge in [0.25, 0.3) is 0 Å². The van der Waals surface area contributed by atoms with E-state index in [4.69, 9.17) is 4.74 Å². The van der Waals surface area contributed by atoms with Crippen LogP contribution in [-0.2, 0) is 4.74 Å². The summed E-state index contributed by atoms with van der Waals surface area (Å²) in [7, 11) is 0. The van der Waals surface area contributed by atoms with Crippen LogP contribution in [-0.4, -0.2) is 29.9 Å². The minimum absolute atomic E-state index is 0.291. The van der Waals surface area contributed by atoms with Crippen LogP contribution in [0.1, 0.15) is 39.4 Å². The number of nitrogens with one attached hydrogen (secondary N) is 2. The van der Waals surface area contributed by atoms with E-state index < -0.39 is 11.7 Å². The molecule has 0 saturated carbocycles. The Morgan fingerprint density at radius 1 is 1.45 bits per heavy atom. The molecule has 0 aliphatic heterocycles. The molecule has 1 aromatic rings. The van der Waals surface area contributed by atoms with Gasteiger partial charge in [-0.1, -0.05) is 12.1 Å². The monoisotopic (exact) mass is 280 g/mol. The Hall–Kier alpha value is -1.59. The molecule has 1 rings (SSSR count). The molecule has 20 heavy (non-hydrogen) atoms. The van der Waals surface area contributed by atoms with Crippen LogP contribution in [0.25, 0.3) is 0 Å². The average molecular weight is 280 g/mol. The number of benzene rings is 1. The fourth-order valence-electron chi connectivity index (χ4n) is 1.79. The van der Waals surface area contributed by atoms with E-state index in [2.05, 4.69) is 10.6 Å². The number of carbonyl (C=O) groups excluding carboxylic acids is 1. The zero-order chi connectivity index (χ0) is 15.2. The lowest BCUT2D eigenvalue weighted by molar-refractivity contribution is -0.00662. The minimum Gasteiger partial charge on any atom is -0.389 e. The maximum atomic E-state index is 11.8. The van der Waals surface area contributed by atoms with Crippen molar-refractivity contribution in [2.45, 2.75) is 39.4 Å². The quantitative estimate of drug-likeness (QED) is 0.750. The van der Waals surface area contributed by atoms with Gasteiger partial charge in [0, 0.05) is 18.8 Å². The molecule has 0 bridgehead atoms. The van der Waals surface area contributed by atoms with Crippen molar-refractivity contribution in [3.8, 4) is 0 Å². The number of rotatable bonds is 6. The molecule has 0 aliphatic rings. The first-order valence-electron chi connectivity index (χ1n) is 6.81. The van der Waals surface area contributed by atoms with Gasteiger partial charge in [-0.2, -0.15) is 0 Å². The van der Waals surface area contributed by atoms with Gasteiger partial charge in [0.05, 0.1) is 11.7 Å². The predicted octanol–water partition coefficient (Wildman–Crippen LogP) is 2.68. The summed E-state index contributed by atoms with van der Waals surface area (Å²) in [4.78, 5) is 11.8. The van der Waals surface area contributed by atoms with Crippen molar-refractivity contribution in [3.05, 3.63) is 29.8 Å². The Bertz CT molecular complexity index is 444. The molecule has 0 spiro atoms. The Kier molecular flexibility index (Phi) is 5.98. The highest BCUT2D eigenvalue weighted by Gasteiger charge is 2.18. The Labute approximate surface area is 120 Å². The standard InChI is InChI=1S/C15H24N2O3/c1-5-20-15(3,4)10-16-14(19)17-13-8-6-7-12(9-13)11(2)18/h6-9,11,18H,5,10H2,1-4H3,(H2,16,17,19). The molecule has 1 atom stereocenters. The number of urea groups is 1. The van der Waals surface area contributed by atoms with Crippen molar-refractivity contribution in [2.75, 3.05) is 18.5 Å². The average Bonchev–Trinajstić information content (AvgIpc) is 2.37. The Morgan fingerprint density at radius 2 is 2.15 bits per heavy atom. The summed E-state index contributed by atoms with van der Waals surface area (Å²) in [5, 5.41) is 15.0. The zero-order valence-electron chi connectivity index (χ0n) is 12.6. The SMILES string of the molecule is CCOC(C)(C)CNC(=O)Nc1cccc(C(C)O)c1. The molecular weight excluding hydrogens is 256 g/mol. The van der Waals surface area contributed by atoms with E-state index >= 15 is 0 Å². The molecule has 1 aromatic carbocycles. The molecule has 0 fully saturated rings. The first-order chi connectivity index (χ1) is 9.34. The smallest absolute Gasteiger partial charge is 0.319 e. The molecular formula is C15H24N2O3. The number of ether oxygens (including phenoxy) is 1. The highest BCUT2D eigenvalue weighted by molar-refractivity contribution is 5.89. The van der Waals surface area contributed by atoms with Crippen molar-refractivity contribution >= 4 is 11.7 Å². The largest absolute Gasteiger partial charge is 0.389 e. The van der Waals surface area contributed by atoms with Gasteiger partial charge >= 0.3 is 6.03 Å². The third-order valence-corrected chi connectivity index (χ3v) is 2.84. The second-order valence-corrected chi connectivity index (χ2v) is 5.30. The van der Waals surface area contributed by atoms with Gasteiger partial charge in [0.15, 0.2) is 0 Å². The number of anilines is 1. The lowest BCUT2D eigenvalue weighted by atomic mass is 10.1. The van der Waals surface area contributed by atoms with E-state index in [0.29, 0.717) is 18.8 Å². The van der Waals surface area contributed by atoms with E-state index in [1.54, 1.807) is 25.1 Å². The van der Waals surface area contributed by atoms with Gasteiger partial charge in [-0.05, 0) is 45.4 Å². The van der Waals surface area contributed by atoms with Gasteiger partial charge in [0.1, 0.15) is 0 Å². The number of amides is 2. The maximum Gasteiger partial charge on any atom is 0.319 e. The van der Waals surface area contributed by atoms with Crippen LogP contribution >= 0.6 is 0 Å². The molecule has 0 radical (unpaired) electrons. The summed E-state index contributed by atoms with van der Waals surface area (Å²) in [5.41, 5.74) is 1.01. The van der Waals surface area contributed by atoms with E-state index in [9.17, 15) is 9.90 Å². The minimum atomic E-state index is -0.559. The van der Waals surface area contributed by atoms with Crippen molar-refractivity contribution < 1.29 is 14.6 Å². The third kappa shape index (κ3) is 5.59. The summed E-state index contributed by atoms with van der Waals surface area (Å²) >= 11 is 0. The summed E-state index contributed by atoms with van der Waals surface area (Å²) in [6.07, 6.45) is -0.559. The number of aliphatic hydroxyl groups excluding tert-OH is 1. The third-order valence-electron chi connectivity index (χ3n) is 2.84. The summed E-state index contributed by atoms with van der Waals surface area (Å²) < 4.78 is 5.50. The van der Waals surface area contributed by atoms with Crippen LogP contribution in [0.15, 0.2) is 24.3 Å². The summed E-state index contributed by atoms with van der Waals surface area (Å²) in [6.45, 7) is 8.47. The first-order valence-corrected chi connectivity index (χ1v) is 6.81. The topological polar surface area (TPSA) is 70.6 Å². The molecule has 1 unspecified atom stereocenters. The van der Waals surface area contributed by atoms with Crippen molar-refractivity contribution in [3.63, 3.8) is 0 Å². The molecule has 5 heteroatoms. The lowest BCUT2D eigenvalue weighted by Crippen LogP contribution is -2.42. The molecule has 112 valence electrons. The number of carbonyl (C=O) groups is 1. The summed E-state index contributed by atoms with van der Waals surface area (Å²) in [5.74, 6) is 0. The zero-order valence-corrected chi connectivity index (χ0v) is 12.6. The van der Waals surface area contributed by atoms with Gasteiger partial charge < -0.3 is 20.5 Å². The molecule has 0 heterocycles. The second-order valence-electron chi connectivity index (χ2n) is 5.30. The molecule has 3 N–H and O–H groups in total. The van der Waals surface area contributed by atoms with Crippen LogP contribution < -0.4 is 10.6 Å². The van der Waals surface area contributed by atoms with E-state index in [0.717, 1.165) is 5.56 Å². The van der Waals surface area contributed by atoms with Crippen LogP contribution in [0.3, 0.4) is 0 Å². The van der Waals surface area contributed by atoms with Crippen molar-refractivity contribution in [1.82, 2.24) is 5.32 Å². The van der Waals surface area contributed by atoms with Crippen LogP contribution in [0.2, 0.25) is 0 Å². The van der Waals surface area contributed by atoms with Crippen LogP contribution in [0.4, 0.5) is 10.5 Å². The lowest BCUT2D eigenvalue weighted by Gasteiger charge is -2.24. The molecule has 0 aromatic heterocycles.